The van der Waals surface area contributed by atoms with Crippen LogP contribution in [0.25, 0.3) is 12.2 Å². The zero-order valence-corrected chi connectivity index (χ0v) is 24.8. The topological polar surface area (TPSA) is 106 Å². The molecule has 1 atom stereocenters. The van der Waals surface area contributed by atoms with Crippen molar-refractivity contribution in [2.24, 2.45) is 0 Å². The number of hydrogen-bond acceptors (Lipinski definition) is 6. The van der Waals surface area contributed by atoms with Crippen LogP contribution in [0.1, 0.15) is 48.9 Å². The lowest BCUT2D eigenvalue weighted by Gasteiger charge is -2.35. The molecule has 1 aromatic heterocycles. The van der Waals surface area contributed by atoms with Gasteiger partial charge in [-0.2, -0.15) is 13.2 Å². The fraction of sp³-hybridized carbons (Fsp3) is 0.310. The molecule has 0 saturated carbocycles. The number of carboxylic acids is 1. The number of halogens is 6. The first-order valence-electron chi connectivity index (χ1n) is 13.1. The van der Waals surface area contributed by atoms with Gasteiger partial charge in [-0.3, -0.25) is 9.10 Å². The standard InChI is InChI=1S/C29H26ClF5N2O6S/c1-3-42-27-25(14-18(15-36-27)29(33,34)35)44(40,41)37-16-19(9-12-26(38)39)43-24-11-8-17(13-23(24)37)7-10-20-21(28(2,31)32)5-4-6-22(20)30/h4-8,10-11,13-15,19H,3,9,12,16H2,1-2H3,(H,38,39)/b10-7+/t19-/m0/s1. The SMILES string of the molecule is CCOc1ncc(C(F)(F)F)cc1S(=O)(=O)N1C[C@H](CCC(=O)O)Oc2ccc(/C=C/c3c(Cl)cccc3C(C)(F)F)cc21. The molecule has 0 saturated heterocycles. The average molecular weight is 661 g/mol. The third kappa shape index (κ3) is 7.24. The number of pyridine rings is 1. The molecule has 1 N–H and O–H groups in total. The van der Waals surface area contributed by atoms with Crippen molar-refractivity contribution in [1.82, 2.24) is 4.98 Å². The number of benzene rings is 2. The molecule has 15 heteroatoms. The van der Waals surface area contributed by atoms with Crippen molar-refractivity contribution in [2.75, 3.05) is 17.5 Å². The van der Waals surface area contributed by atoms with Gasteiger partial charge in [-0.15, -0.1) is 0 Å². The number of anilines is 1. The first-order valence-corrected chi connectivity index (χ1v) is 14.9. The van der Waals surface area contributed by atoms with Gasteiger partial charge >= 0.3 is 12.1 Å². The first kappa shape index (κ1) is 33.0. The Morgan fingerprint density at radius 1 is 1.18 bits per heavy atom. The van der Waals surface area contributed by atoms with Gasteiger partial charge in [0.25, 0.3) is 15.9 Å². The van der Waals surface area contributed by atoms with Crippen LogP contribution in [-0.2, 0) is 26.9 Å². The number of carbonyl (C=O) groups is 1. The number of fused-ring (bicyclic) bond motifs is 1. The molecule has 4 rings (SSSR count). The summed E-state index contributed by atoms with van der Waals surface area (Å²) in [6.45, 7) is 1.67. The van der Waals surface area contributed by atoms with Crippen molar-refractivity contribution in [1.29, 1.82) is 0 Å². The summed E-state index contributed by atoms with van der Waals surface area (Å²) in [5.41, 5.74) is -1.40. The van der Waals surface area contributed by atoms with E-state index in [2.05, 4.69) is 4.98 Å². The average Bonchev–Trinajstić information content (AvgIpc) is 2.94. The minimum absolute atomic E-state index is 0.00350. The Balaban J connectivity index is 1.84. The van der Waals surface area contributed by atoms with Crippen molar-refractivity contribution in [3.05, 3.63) is 75.9 Å². The van der Waals surface area contributed by atoms with Gasteiger partial charge in [-0.1, -0.05) is 42.0 Å². The minimum atomic E-state index is -4.92. The number of nitrogens with zero attached hydrogens (tertiary/aromatic N) is 2. The van der Waals surface area contributed by atoms with Gasteiger partial charge in [-0.05, 0) is 43.2 Å². The summed E-state index contributed by atoms with van der Waals surface area (Å²) in [6, 6.07) is 8.68. The molecule has 0 amide bonds. The zero-order chi connectivity index (χ0) is 32.4. The normalized spacial score (nSPS) is 15.6. The molecule has 236 valence electrons. The fourth-order valence-corrected chi connectivity index (χ4v) is 6.35. The molecule has 44 heavy (non-hydrogen) atoms. The van der Waals surface area contributed by atoms with E-state index in [0.29, 0.717) is 17.8 Å². The van der Waals surface area contributed by atoms with Gasteiger partial charge in [0.05, 0.1) is 24.4 Å². The van der Waals surface area contributed by atoms with Crippen LogP contribution in [-0.4, -0.2) is 43.7 Å². The number of rotatable bonds is 10. The van der Waals surface area contributed by atoms with Crippen LogP contribution in [0.15, 0.2) is 53.6 Å². The Labute approximate surface area is 254 Å². The van der Waals surface area contributed by atoms with E-state index in [9.17, 15) is 35.2 Å². The van der Waals surface area contributed by atoms with Gasteiger partial charge in [0.1, 0.15) is 11.9 Å². The summed E-state index contributed by atoms with van der Waals surface area (Å²) in [7, 11) is -4.83. The second kappa shape index (κ2) is 12.6. The maximum absolute atomic E-state index is 14.2. The Morgan fingerprint density at radius 2 is 1.91 bits per heavy atom. The van der Waals surface area contributed by atoms with Crippen LogP contribution in [0.5, 0.6) is 11.6 Å². The van der Waals surface area contributed by atoms with E-state index in [1.807, 2.05) is 0 Å². The van der Waals surface area contributed by atoms with E-state index in [0.717, 1.165) is 11.2 Å². The van der Waals surface area contributed by atoms with Crippen LogP contribution < -0.4 is 13.8 Å². The van der Waals surface area contributed by atoms with E-state index in [4.69, 9.17) is 26.2 Å². The summed E-state index contributed by atoms with van der Waals surface area (Å²) < 4.78 is 109. The zero-order valence-electron chi connectivity index (χ0n) is 23.2. The van der Waals surface area contributed by atoms with Crippen molar-refractivity contribution < 1.29 is 49.7 Å². The van der Waals surface area contributed by atoms with E-state index in [1.54, 1.807) is 0 Å². The Kier molecular flexibility index (Phi) is 9.45. The number of sulfonamides is 1. The third-order valence-corrected chi connectivity index (χ3v) is 8.66. The molecular formula is C29H26ClF5N2O6S. The predicted octanol–water partition coefficient (Wildman–Crippen LogP) is 7.26. The molecular weight excluding hydrogens is 635 g/mol. The molecule has 0 radical (unpaired) electrons. The number of alkyl halides is 5. The van der Waals surface area contributed by atoms with Crippen LogP contribution in [0, 0.1) is 0 Å². The van der Waals surface area contributed by atoms with Crippen LogP contribution >= 0.6 is 11.6 Å². The van der Waals surface area contributed by atoms with E-state index in [1.165, 1.54) is 55.5 Å². The lowest BCUT2D eigenvalue weighted by Crippen LogP contribution is -2.44. The third-order valence-electron chi connectivity index (χ3n) is 6.56. The molecule has 2 heterocycles. The second-order valence-corrected chi connectivity index (χ2v) is 12.1. The Morgan fingerprint density at radius 3 is 2.55 bits per heavy atom. The molecule has 1 aliphatic rings. The van der Waals surface area contributed by atoms with E-state index < -0.39 is 57.1 Å². The summed E-state index contributed by atoms with van der Waals surface area (Å²) in [5.74, 6) is -4.93. The molecule has 8 nitrogen and oxygen atoms in total. The monoisotopic (exact) mass is 660 g/mol. The lowest BCUT2D eigenvalue weighted by molar-refractivity contribution is -0.138. The van der Waals surface area contributed by atoms with Crippen LogP contribution in [0.4, 0.5) is 27.6 Å². The highest BCUT2D eigenvalue weighted by Gasteiger charge is 2.39. The van der Waals surface area contributed by atoms with Crippen molar-refractivity contribution in [3.8, 4) is 11.6 Å². The maximum Gasteiger partial charge on any atom is 0.417 e. The molecule has 0 fully saturated rings. The van der Waals surface area contributed by atoms with Gasteiger partial charge in [0, 0.05) is 35.7 Å². The van der Waals surface area contributed by atoms with Gasteiger partial charge in [-0.25, -0.2) is 22.2 Å². The number of aliphatic carboxylic acids is 1. The summed E-state index contributed by atoms with van der Waals surface area (Å²) >= 11 is 6.19. The van der Waals surface area contributed by atoms with Crippen molar-refractivity contribution >= 4 is 45.4 Å². The summed E-state index contributed by atoms with van der Waals surface area (Å²) in [4.78, 5) is 13.9. The van der Waals surface area contributed by atoms with Crippen molar-refractivity contribution in [3.63, 3.8) is 0 Å². The quantitative estimate of drug-likeness (QED) is 0.180. The molecule has 0 spiro atoms. The minimum Gasteiger partial charge on any atom is -0.486 e. The molecule has 3 aromatic rings. The summed E-state index contributed by atoms with van der Waals surface area (Å²) in [5, 5.41) is 9.19. The molecule has 0 unspecified atom stereocenters. The molecule has 0 bridgehead atoms. The highest BCUT2D eigenvalue weighted by Crippen LogP contribution is 2.42. The smallest absolute Gasteiger partial charge is 0.417 e. The number of carboxylic acid groups (broad SMARTS) is 1. The summed E-state index contributed by atoms with van der Waals surface area (Å²) in [6.07, 6.45) is -3.16. The molecule has 2 aromatic carbocycles. The predicted molar refractivity (Wildman–Crippen MR) is 153 cm³/mol. The van der Waals surface area contributed by atoms with E-state index >= 15 is 0 Å². The number of aromatic nitrogens is 1. The number of ether oxygens (including phenoxy) is 2. The van der Waals surface area contributed by atoms with Gasteiger partial charge < -0.3 is 14.6 Å². The largest absolute Gasteiger partial charge is 0.486 e. The van der Waals surface area contributed by atoms with Gasteiger partial charge in [0.15, 0.2) is 4.90 Å². The maximum atomic E-state index is 14.2. The van der Waals surface area contributed by atoms with Gasteiger partial charge in [0.2, 0.25) is 5.88 Å². The number of hydrogen-bond donors (Lipinski definition) is 1. The highest BCUT2D eigenvalue weighted by atomic mass is 35.5. The van der Waals surface area contributed by atoms with Crippen LogP contribution in [0.3, 0.4) is 0 Å². The Bertz CT molecular complexity index is 1690. The molecule has 1 aliphatic heterocycles. The molecule has 0 aliphatic carbocycles. The lowest BCUT2D eigenvalue weighted by atomic mass is 10.0. The van der Waals surface area contributed by atoms with Crippen molar-refractivity contribution in [2.45, 2.75) is 49.8 Å². The fourth-order valence-electron chi connectivity index (χ4n) is 4.50. The second-order valence-electron chi connectivity index (χ2n) is 9.82. The van der Waals surface area contributed by atoms with Crippen LogP contribution in [0.2, 0.25) is 5.02 Å². The highest BCUT2D eigenvalue weighted by molar-refractivity contribution is 7.93. The van der Waals surface area contributed by atoms with E-state index in [-0.39, 0.29) is 47.0 Å². The first-order chi connectivity index (χ1) is 20.5. The Hall–Kier alpha value is -3.91.